The minimum atomic E-state index is -0.412. The van der Waals surface area contributed by atoms with E-state index < -0.39 is 5.97 Å². The summed E-state index contributed by atoms with van der Waals surface area (Å²) in [5.74, 6) is 0.980. The number of hydrogen-bond donors (Lipinski definition) is 0. The van der Waals surface area contributed by atoms with E-state index in [4.69, 9.17) is 9.47 Å². The third kappa shape index (κ3) is 5.98. The minimum Gasteiger partial charge on any atom is -0.497 e. The molecule has 1 saturated carbocycles. The van der Waals surface area contributed by atoms with E-state index in [0.717, 1.165) is 46.5 Å². The van der Waals surface area contributed by atoms with Gasteiger partial charge in [0.05, 0.1) is 20.3 Å². The van der Waals surface area contributed by atoms with Crippen molar-refractivity contribution in [3.05, 3.63) is 69.8 Å². The fourth-order valence-electron chi connectivity index (χ4n) is 4.16. The molecule has 0 N–H and O–H groups in total. The zero-order valence-electron chi connectivity index (χ0n) is 18.9. The molecule has 0 bridgehead atoms. The number of benzene rings is 2. The van der Waals surface area contributed by atoms with Crippen LogP contribution in [-0.2, 0) is 11.3 Å². The number of esters is 1. The number of carbonyl (C=O) groups is 1. The molecule has 3 aromatic rings. The molecule has 8 heteroatoms. The van der Waals surface area contributed by atoms with Gasteiger partial charge in [-0.25, -0.2) is 9.48 Å². The average molecular weight is 530 g/mol. The lowest BCUT2D eigenvalue weighted by Gasteiger charge is -2.28. The van der Waals surface area contributed by atoms with Gasteiger partial charge in [-0.1, -0.05) is 45.4 Å². The molecule has 2 aromatic carbocycles. The first-order valence-electron chi connectivity index (χ1n) is 11.2. The maximum Gasteiger partial charge on any atom is 0.361 e. The molecule has 0 aliphatic heterocycles. The van der Waals surface area contributed by atoms with Crippen molar-refractivity contribution in [3.63, 3.8) is 0 Å². The predicted octanol–water partition coefficient (Wildman–Crippen LogP) is 6.09. The number of halogens is 1. The van der Waals surface area contributed by atoms with E-state index in [9.17, 15) is 4.79 Å². The summed E-state index contributed by atoms with van der Waals surface area (Å²) in [5.41, 5.74) is 2.78. The van der Waals surface area contributed by atoms with Crippen molar-refractivity contribution in [2.24, 2.45) is 0 Å². The second-order valence-corrected chi connectivity index (χ2v) is 10.3. The minimum absolute atomic E-state index is 0.311. The lowest BCUT2D eigenvalue weighted by atomic mass is 9.84. The molecule has 1 heterocycles. The Labute approximate surface area is 207 Å². The van der Waals surface area contributed by atoms with Gasteiger partial charge in [-0.05, 0) is 73.9 Å². The van der Waals surface area contributed by atoms with E-state index in [1.807, 2.05) is 28.9 Å². The van der Waals surface area contributed by atoms with Gasteiger partial charge in [0.15, 0.2) is 0 Å². The van der Waals surface area contributed by atoms with Crippen molar-refractivity contribution in [1.82, 2.24) is 15.0 Å². The molecule has 174 valence electrons. The molecular formula is C25H28BrN3O3S. The van der Waals surface area contributed by atoms with Crippen LogP contribution in [0.3, 0.4) is 0 Å². The highest BCUT2D eigenvalue weighted by Crippen LogP contribution is 2.41. The van der Waals surface area contributed by atoms with Crippen LogP contribution in [0.1, 0.15) is 60.1 Å². The molecule has 0 spiro atoms. The normalized spacial score (nSPS) is 18.2. The van der Waals surface area contributed by atoms with E-state index in [1.54, 1.807) is 25.8 Å². The zero-order chi connectivity index (χ0) is 23.2. The van der Waals surface area contributed by atoms with Gasteiger partial charge in [0, 0.05) is 9.72 Å². The van der Waals surface area contributed by atoms with Gasteiger partial charge in [0.1, 0.15) is 10.8 Å². The molecule has 6 nitrogen and oxygen atoms in total. The topological polar surface area (TPSA) is 66.2 Å². The fourth-order valence-corrected chi connectivity index (χ4v) is 5.71. The van der Waals surface area contributed by atoms with Crippen LogP contribution < -0.4 is 4.74 Å². The van der Waals surface area contributed by atoms with Crippen LogP contribution in [0.4, 0.5) is 0 Å². The SMILES string of the molecule is CCOC(=O)c1nnn(Cc2ccc(OC)cc2)c1SC1CCC(c2ccc(Br)cc2)CC1. The third-order valence-corrected chi connectivity index (χ3v) is 7.90. The second kappa shape index (κ2) is 11.2. The van der Waals surface area contributed by atoms with Gasteiger partial charge in [0.2, 0.25) is 5.69 Å². The number of aromatic nitrogens is 3. The van der Waals surface area contributed by atoms with Gasteiger partial charge >= 0.3 is 5.97 Å². The number of thioether (sulfide) groups is 1. The number of ether oxygens (including phenoxy) is 2. The standard InChI is InChI=1S/C25H28BrN3O3S/c1-3-32-25(30)23-24(29(28-27-23)16-17-4-12-21(31-2)13-5-17)33-22-14-8-19(9-15-22)18-6-10-20(26)11-7-18/h4-7,10-13,19,22H,3,8-9,14-16H2,1-2H3. The maximum absolute atomic E-state index is 12.5. The highest BCUT2D eigenvalue weighted by Gasteiger charge is 2.28. The Bertz CT molecular complexity index is 1060. The zero-order valence-corrected chi connectivity index (χ0v) is 21.3. The molecule has 0 amide bonds. The number of hydrogen-bond acceptors (Lipinski definition) is 6. The molecule has 1 aliphatic rings. The molecule has 4 rings (SSSR count). The summed E-state index contributed by atoms with van der Waals surface area (Å²) in [6, 6.07) is 16.5. The third-order valence-electron chi connectivity index (χ3n) is 5.94. The van der Waals surface area contributed by atoms with Crippen molar-refractivity contribution in [3.8, 4) is 5.75 Å². The predicted molar refractivity (Wildman–Crippen MR) is 133 cm³/mol. The summed E-state index contributed by atoms with van der Waals surface area (Å²) in [6.07, 6.45) is 4.44. The van der Waals surface area contributed by atoms with Gasteiger partial charge in [-0.2, -0.15) is 0 Å². The second-order valence-electron chi connectivity index (χ2n) is 8.11. The Morgan fingerprint density at radius 3 is 2.42 bits per heavy atom. The number of nitrogens with zero attached hydrogens (tertiary/aromatic N) is 3. The summed E-state index contributed by atoms with van der Waals surface area (Å²) in [7, 11) is 1.65. The first-order chi connectivity index (χ1) is 16.1. The molecule has 1 aliphatic carbocycles. The summed E-state index contributed by atoms with van der Waals surface area (Å²) in [6.45, 7) is 2.65. The number of carbonyl (C=O) groups excluding carboxylic acids is 1. The molecular weight excluding hydrogens is 502 g/mol. The fraction of sp³-hybridized carbons (Fsp3) is 0.400. The van der Waals surface area contributed by atoms with Crippen molar-refractivity contribution in [2.45, 2.75) is 55.3 Å². The quantitative estimate of drug-likeness (QED) is 0.329. The highest BCUT2D eigenvalue weighted by molar-refractivity contribution is 9.10. The molecule has 0 unspecified atom stereocenters. The molecule has 1 aromatic heterocycles. The van der Waals surface area contributed by atoms with E-state index in [-0.39, 0.29) is 0 Å². The van der Waals surface area contributed by atoms with Gasteiger partial charge < -0.3 is 9.47 Å². The summed E-state index contributed by atoms with van der Waals surface area (Å²) in [5, 5.41) is 9.70. The lowest BCUT2D eigenvalue weighted by Crippen LogP contribution is -2.17. The molecule has 0 saturated heterocycles. The Morgan fingerprint density at radius 2 is 1.79 bits per heavy atom. The lowest BCUT2D eigenvalue weighted by molar-refractivity contribution is 0.0515. The highest BCUT2D eigenvalue weighted by atomic mass is 79.9. The molecule has 33 heavy (non-hydrogen) atoms. The summed E-state index contributed by atoms with van der Waals surface area (Å²) >= 11 is 5.23. The van der Waals surface area contributed by atoms with Crippen LogP contribution in [0.15, 0.2) is 58.0 Å². The van der Waals surface area contributed by atoms with Crippen LogP contribution in [0.25, 0.3) is 0 Å². The Balaban J connectivity index is 1.48. The van der Waals surface area contributed by atoms with Crippen molar-refractivity contribution in [1.29, 1.82) is 0 Å². The van der Waals surface area contributed by atoms with Crippen LogP contribution in [0.2, 0.25) is 0 Å². The van der Waals surface area contributed by atoms with Crippen LogP contribution >= 0.6 is 27.7 Å². The van der Waals surface area contributed by atoms with Crippen molar-refractivity contribution < 1.29 is 14.3 Å². The van der Waals surface area contributed by atoms with Crippen LogP contribution in [-0.4, -0.2) is 39.9 Å². The first-order valence-corrected chi connectivity index (χ1v) is 12.9. The molecule has 1 fully saturated rings. The Morgan fingerprint density at radius 1 is 1.09 bits per heavy atom. The van der Waals surface area contributed by atoms with E-state index in [0.29, 0.717) is 30.0 Å². The van der Waals surface area contributed by atoms with Crippen molar-refractivity contribution in [2.75, 3.05) is 13.7 Å². The van der Waals surface area contributed by atoms with Crippen LogP contribution in [0.5, 0.6) is 5.75 Å². The molecule has 0 atom stereocenters. The monoisotopic (exact) mass is 529 g/mol. The van der Waals surface area contributed by atoms with Gasteiger partial charge in [0.25, 0.3) is 0 Å². The van der Waals surface area contributed by atoms with Gasteiger partial charge in [-0.15, -0.1) is 16.9 Å². The smallest absolute Gasteiger partial charge is 0.361 e. The largest absolute Gasteiger partial charge is 0.497 e. The van der Waals surface area contributed by atoms with Crippen molar-refractivity contribution >= 4 is 33.7 Å². The Kier molecular flexibility index (Phi) is 8.09. The van der Waals surface area contributed by atoms with Gasteiger partial charge in [-0.3, -0.25) is 0 Å². The van der Waals surface area contributed by atoms with E-state index >= 15 is 0 Å². The Hall–Kier alpha value is -2.32. The number of methoxy groups -OCH3 is 1. The summed E-state index contributed by atoms with van der Waals surface area (Å²) in [4.78, 5) is 12.5. The van der Waals surface area contributed by atoms with Crippen LogP contribution in [0, 0.1) is 0 Å². The first kappa shape index (κ1) is 23.8. The van der Waals surface area contributed by atoms with E-state index in [1.165, 1.54) is 5.56 Å². The van der Waals surface area contributed by atoms with E-state index in [2.05, 4.69) is 50.5 Å². The molecule has 0 radical (unpaired) electrons. The summed E-state index contributed by atoms with van der Waals surface area (Å²) < 4.78 is 13.4. The maximum atomic E-state index is 12.5. The average Bonchev–Trinajstić information content (AvgIpc) is 3.23. The number of rotatable bonds is 8.